The van der Waals surface area contributed by atoms with E-state index in [0.29, 0.717) is 22.9 Å². The van der Waals surface area contributed by atoms with Crippen LogP contribution in [0, 0.1) is 6.92 Å². The monoisotopic (exact) mass is 496 g/mol. The molecule has 0 spiro atoms. The third-order valence-electron chi connectivity index (χ3n) is 5.34. The number of rotatable bonds is 7. The molecule has 0 bridgehead atoms. The van der Waals surface area contributed by atoms with Crippen LogP contribution < -0.4 is 10.6 Å². The Morgan fingerprint density at radius 1 is 1.12 bits per heavy atom. The van der Waals surface area contributed by atoms with Crippen molar-refractivity contribution in [2.75, 3.05) is 5.32 Å². The molecule has 34 heavy (non-hydrogen) atoms. The van der Waals surface area contributed by atoms with E-state index < -0.39 is 0 Å². The van der Waals surface area contributed by atoms with Gasteiger partial charge in [0.05, 0.1) is 34.3 Å². The molecule has 4 aromatic rings. The van der Waals surface area contributed by atoms with Gasteiger partial charge in [0.25, 0.3) is 5.91 Å². The number of nitrogens with zero attached hydrogens (tertiary/aromatic N) is 4. The van der Waals surface area contributed by atoms with Gasteiger partial charge in [0.15, 0.2) is 10.8 Å². The lowest BCUT2D eigenvalue weighted by Crippen LogP contribution is -2.17. The van der Waals surface area contributed by atoms with Crippen molar-refractivity contribution < 1.29 is 9.59 Å². The van der Waals surface area contributed by atoms with Gasteiger partial charge < -0.3 is 5.32 Å². The van der Waals surface area contributed by atoms with Gasteiger partial charge in [0.2, 0.25) is 5.91 Å². The van der Waals surface area contributed by atoms with Crippen molar-refractivity contribution in [2.24, 2.45) is 0 Å². The molecule has 4 rings (SSSR count). The summed E-state index contributed by atoms with van der Waals surface area (Å²) in [5.74, 6) is -0.115. The zero-order valence-electron chi connectivity index (χ0n) is 20.1. The molecule has 2 N–H and O–H groups in total. The molecule has 0 aliphatic carbocycles. The Kier molecular flexibility index (Phi) is 6.81. The first kappa shape index (κ1) is 24.0. The van der Waals surface area contributed by atoms with Crippen LogP contribution in [0.15, 0.2) is 24.4 Å². The van der Waals surface area contributed by atoms with Crippen LogP contribution in [-0.4, -0.2) is 31.6 Å². The Morgan fingerprint density at radius 2 is 1.88 bits per heavy atom. The highest BCUT2D eigenvalue weighted by atomic mass is 32.1. The van der Waals surface area contributed by atoms with Crippen LogP contribution in [0.3, 0.4) is 0 Å². The molecule has 0 saturated heterocycles. The second-order valence-corrected chi connectivity index (χ2v) is 11.1. The standard InChI is InChI=1S/C24H28N6O2S2/c1-12(2)19-9-17(18-11-26-30(13(3)4)22(18)27-19)23(32)29-24-28-21(14(5)33-24)20-8-7-16(34-20)10-25-15(6)31/h7-9,11-13H,10H2,1-6H3,(H,25,31)(H,28,29,32). The summed E-state index contributed by atoms with van der Waals surface area (Å²) in [6, 6.07) is 5.97. The molecule has 10 heteroatoms. The highest BCUT2D eigenvalue weighted by Gasteiger charge is 2.21. The second-order valence-electron chi connectivity index (χ2n) is 8.72. The van der Waals surface area contributed by atoms with Gasteiger partial charge in [-0.05, 0) is 44.9 Å². The Balaban J connectivity index is 1.62. The van der Waals surface area contributed by atoms with E-state index in [2.05, 4.69) is 29.6 Å². The first-order valence-electron chi connectivity index (χ1n) is 11.1. The maximum atomic E-state index is 13.3. The highest BCUT2D eigenvalue weighted by Crippen LogP contribution is 2.35. The fourth-order valence-electron chi connectivity index (χ4n) is 3.55. The Morgan fingerprint density at radius 3 is 2.56 bits per heavy atom. The lowest BCUT2D eigenvalue weighted by Gasteiger charge is -2.11. The normalized spacial score (nSPS) is 11.5. The molecule has 0 unspecified atom stereocenters. The summed E-state index contributed by atoms with van der Waals surface area (Å²) in [4.78, 5) is 37.1. The second kappa shape index (κ2) is 9.63. The van der Waals surface area contributed by atoms with Crippen LogP contribution in [0.4, 0.5) is 5.13 Å². The predicted molar refractivity (Wildman–Crippen MR) is 138 cm³/mol. The van der Waals surface area contributed by atoms with Gasteiger partial charge in [-0.25, -0.2) is 14.6 Å². The number of carbonyl (C=O) groups is 2. The quantitative estimate of drug-likeness (QED) is 0.351. The minimum absolute atomic E-state index is 0.0606. The number of anilines is 1. The third-order valence-corrected chi connectivity index (χ3v) is 7.31. The van der Waals surface area contributed by atoms with E-state index in [1.165, 1.54) is 18.3 Å². The maximum absolute atomic E-state index is 13.3. The van der Waals surface area contributed by atoms with E-state index in [0.717, 1.165) is 31.4 Å². The number of thiophene rings is 1. The molecule has 0 aromatic carbocycles. The number of carbonyl (C=O) groups excluding carboxylic acids is 2. The third kappa shape index (κ3) is 4.88. The van der Waals surface area contributed by atoms with E-state index in [1.54, 1.807) is 17.5 Å². The van der Waals surface area contributed by atoms with E-state index in [9.17, 15) is 9.59 Å². The lowest BCUT2D eigenvalue weighted by atomic mass is 10.0. The molecule has 0 saturated carbocycles. The first-order chi connectivity index (χ1) is 16.1. The fourth-order valence-corrected chi connectivity index (χ4v) is 5.44. The van der Waals surface area contributed by atoms with Crippen molar-refractivity contribution in [1.29, 1.82) is 0 Å². The average Bonchev–Trinajstić information content (AvgIpc) is 3.49. The number of aromatic nitrogens is 4. The summed E-state index contributed by atoms with van der Waals surface area (Å²) >= 11 is 3.02. The Bertz CT molecular complexity index is 1370. The van der Waals surface area contributed by atoms with Crippen molar-refractivity contribution in [3.63, 3.8) is 0 Å². The number of hydrogen-bond acceptors (Lipinski definition) is 7. The van der Waals surface area contributed by atoms with Gasteiger partial charge in [0.1, 0.15) is 0 Å². The number of hydrogen-bond donors (Lipinski definition) is 2. The number of fused-ring (bicyclic) bond motifs is 1. The molecule has 0 aliphatic rings. The molecule has 0 aliphatic heterocycles. The number of aryl methyl sites for hydroxylation is 1. The Labute approximate surface area is 206 Å². The van der Waals surface area contributed by atoms with Crippen LogP contribution >= 0.6 is 22.7 Å². The molecular weight excluding hydrogens is 468 g/mol. The first-order valence-corrected chi connectivity index (χ1v) is 12.8. The molecule has 4 heterocycles. The van der Waals surface area contributed by atoms with Gasteiger partial charge in [0, 0.05) is 28.4 Å². The lowest BCUT2D eigenvalue weighted by molar-refractivity contribution is -0.119. The highest BCUT2D eigenvalue weighted by molar-refractivity contribution is 7.18. The number of nitrogens with one attached hydrogen (secondary N) is 2. The average molecular weight is 497 g/mol. The molecule has 0 atom stereocenters. The zero-order valence-corrected chi connectivity index (χ0v) is 21.7. The number of pyridine rings is 1. The van der Waals surface area contributed by atoms with Gasteiger partial charge in [-0.15, -0.1) is 22.7 Å². The summed E-state index contributed by atoms with van der Waals surface area (Å²) in [5.41, 5.74) is 2.95. The van der Waals surface area contributed by atoms with Crippen molar-refractivity contribution in [3.8, 4) is 10.6 Å². The van der Waals surface area contributed by atoms with E-state index in [1.807, 2.05) is 43.7 Å². The zero-order chi connectivity index (χ0) is 24.6. The van der Waals surface area contributed by atoms with Crippen LogP contribution in [0.1, 0.15) is 72.4 Å². The summed E-state index contributed by atoms with van der Waals surface area (Å²) in [6.07, 6.45) is 1.71. The summed E-state index contributed by atoms with van der Waals surface area (Å²) < 4.78 is 1.85. The van der Waals surface area contributed by atoms with Gasteiger partial charge >= 0.3 is 0 Å². The van der Waals surface area contributed by atoms with Crippen LogP contribution in [-0.2, 0) is 11.3 Å². The van der Waals surface area contributed by atoms with Gasteiger partial charge in [-0.2, -0.15) is 5.10 Å². The van der Waals surface area contributed by atoms with Gasteiger partial charge in [-0.1, -0.05) is 13.8 Å². The summed E-state index contributed by atoms with van der Waals surface area (Å²) in [5, 5.41) is 11.5. The molecule has 4 aromatic heterocycles. The minimum atomic E-state index is -0.226. The number of amides is 2. The van der Waals surface area contributed by atoms with Crippen LogP contribution in [0.25, 0.3) is 21.6 Å². The largest absolute Gasteiger partial charge is 0.351 e. The van der Waals surface area contributed by atoms with Crippen molar-refractivity contribution in [1.82, 2.24) is 25.1 Å². The summed E-state index contributed by atoms with van der Waals surface area (Å²) in [7, 11) is 0. The van der Waals surface area contributed by atoms with Gasteiger partial charge in [-0.3, -0.25) is 14.9 Å². The SMILES string of the molecule is CC(=O)NCc1ccc(-c2nc(NC(=O)c3cc(C(C)C)nc4c3cnn4C(C)C)sc2C)s1. The molecule has 8 nitrogen and oxygen atoms in total. The van der Waals surface area contributed by atoms with Crippen LogP contribution in [0.2, 0.25) is 0 Å². The van der Waals surface area contributed by atoms with Crippen molar-refractivity contribution >= 4 is 50.7 Å². The van der Waals surface area contributed by atoms with Crippen molar-refractivity contribution in [3.05, 3.63) is 45.4 Å². The molecule has 178 valence electrons. The topological polar surface area (TPSA) is 102 Å². The van der Waals surface area contributed by atoms with Crippen LogP contribution in [0.5, 0.6) is 0 Å². The summed E-state index contributed by atoms with van der Waals surface area (Å²) in [6.45, 7) is 12.2. The number of thiazole rings is 1. The molecular formula is C24H28N6O2S2. The fraction of sp³-hybridized carbons (Fsp3) is 0.375. The Hall–Kier alpha value is -3.11. The molecule has 2 amide bonds. The van der Waals surface area contributed by atoms with E-state index >= 15 is 0 Å². The molecule has 0 radical (unpaired) electrons. The van der Waals surface area contributed by atoms with Crippen molar-refractivity contribution in [2.45, 2.75) is 60.0 Å². The van der Waals surface area contributed by atoms with E-state index in [4.69, 9.17) is 9.97 Å². The smallest absolute Gasteiger partial charge is 0.258 e. The predicted octanol–water partition coefficient (Wildman–Crippen LogP) is 5.52. The minimum Gasteiger partial charge on any atom is -0.351 e. The molecule has 0 fully saturated rings. The maximum Gasteiger partial charge on any atom is 0.258 e. The van der Waals surface area contributed by atoms with E-state index in [-0.39, 0.29) is 23.8 Å².